The first-order chi connectivity index (χ1) is 12.2. The quantitative estimate of drug-likeness (QED) is 0.756. The molecule has 1 aliphatic rings. The maximum Gasteiger partial charge on any atom is 0.253 e. The van der Waals surface area contributed by atoms with Gasteiger partial charge in [-0.15, -0.1) is 0 Å². The molecular weight excluding hydrogens is 320 g/mol. The number of fused-ring (bicyclic) bond motifs is 1. The second-order valence-electron chi connectivity index (χ2n) is 5.99. The van der Waals surface area contributed by atoms with Crippen LogP contribution in [0.2, 0.25) is 0 Å². The highest BCUT2D eigenvalue weighted by Gasteiger charge is 2.26. The average molecular weight is 342 g/mol. The lowest BCUT2D eigenvalue weighted by molar-refractivity contribution is 0.0936. The van der Waals surface area contributed by atoms with Crippen LogP contribution in [0.15, 0.2) is 36.5 Å². The van der Waals surface area contributed by atoms with Gasteiger partial charge >= 0.3 is 0 Å². The molecule has 1 heterocycles. The fraction of sp³-hybridized carbons (Fsp3) is 0.368. The van der Waals surface area contributed by atoms with Crippen LogP contribution in [0.3, 0.4) is 0 Å². The van der Waals surface area contributed by atoms with Crippen LogP contribution in [0, 0.1) is 0 Å². The van der Waals surface area contributed by atoms with E-state index in [-0.39, 0.29) is 11.9 Å². The van der Waals surface area contributed by atoms with Crippen LogP contribution in [0.1, 0.15) is 40.4 Å². The molecule has 3 rings (SSSR count). The molecule has 1 aromatic carbocycles. The minimum Gasteiger partial charge on any atom is -0.508 e. The number of carbonyl (C=O) groups excluding carboxylic acids is 1. The Hall–Kier alpha value is -2.60. The molecule has 0 fully saturated rings. The maximum absolute atomic E-state index is 12.4. The van der Waals surface area contributed by atoms with Gasteiger partial charge in [0.15, 0.2) is 0 Å². The van der Waals surface area contributed by atoms with Crippen molar-refractivity contribution in [3.05, 3.63) is 53.2 Å². The normalized spacial score (nSPS) is 15.6. The van der Waals surface area contributed by atoms with Crippen LogP contribution >= 0.6 is 0 Å². The number of hydrogen-bond donors (Lipinski definition) is 2. The van der Waals surface area contributed by atoms with Crippen LogP contribution in [0.5, 0.6) is 11.6 Å². The molecule has 132 valence electrons. The number of nitrogens with zero attached hydrogens (tertiary/aromatic N) is 1. The third kappa shape index (κ3) is 4.09. The van der Waals surface area contributed by atoms with Gasteiger partial charge in [0.1, 0.15) is 5.75 Å². The minimum absolute atomic E-state index is 0.0837. The summed E-state index contributed by atoms with van der Waals surface area (Å²) < 4.78 is 10.4. The van der Waals surface area contributed by atoms with Gasteiger partial charge in [-0.1, -0.05) is 12.1 Å². The predicted molar refractivity (Wildman–Crippen MR) is 92.9 cm³/mol. The summed E-state index contributed by atoms with van der Waals surface area (Å²) in [5.74, 6) is 0.606. The summed E-state index contributed by atoms with van der Waals surface area (Å²) in [6.07, 6.45) is 3.85. The van der Waals surface area contributed by atoms with E-state index in [0.29, 0.717) is 30.4 Å². The van der Waals surface area contributed by atoms with Crippen molar-refractivity contribution in [2.45, 2.75) is 25.3 Å². The largest absolute Gasteiger partial charge is 0.508 e. The van der Waals surface area contributed by atoms with E-state index in [9.17, 15) is 9.90 Å². The van der Waals surface area contributed by atoms with E-state index in [0.717, 1.165) is 30.4 Å². The molecule has 0 aliphatic heterocycles. The van der Waals surface area contributed by atoms with Crippen LogP contribution in [0.25, 0.3) is 0 Å². The highest BCUT2D eigenvalue weighted by molar-refractivity contribution is 5.94. The molecule has 0 spiro atoms. The number of benzene rings is 1. The van der Waals surface area contributed by atoms with Crippen molar-refractivity contribution in [3.8, 4) is 11.6 Å². The number of methoxy groups -OCH3 is 1. The Morgan fingerprint density at radius 3 is 2.96 bits per heavy atom. The van der Waals surface area contributed by atoms with Crippen LogP contribution in [-0.2, 0) is 11.2 Å². The highest BCUT2D eigenvalue weighted by atomic mass is 16.5. The van der Waals surface area contributed by atoms with E-state index < -0.39 is 0 Å². The number of aromatic nitrogens is 1. The smallest absolute Gasteiger partial charge is 0.253 e. The Morgan fingerprint density at radius 1 is 1.32 bits per heavy atom. The van der Waals surface area contributed by atoms with E-state index >= 15 is 0 Å². The Labute approximate surface area is 146 Å². The van der Waals surface area contributed by atoms with Gasteiger partial charge in [0, 0.05) is 32.4 Å². The van der Waals surface area contributed by atoms with Crippen molar-refractivity contribution < 1.29 is 19.4 Å². The molecule has 0 unspecified atom stereocenters. The zero-order valence-corrected chi connectivity index (χ0v) is 14.2. The van der Waals surface area contributed by atoms with Crippen molar-refractivity contribution in [2.24, 2.45) is 0 Å². The summed E-state index contributed by atoms with van der Waals surface area (Å²) in [5, 5.41) is 12.9. The fourth-order valence-corrected chi connectivity index (χ4v) is 3.01. The summed E-state index contributed by atoms with van der Waals surface area (Å²) in [5.41, 5.74) is 2.39. The van der Waals surface area contributed by atoms with Crippen molar-refractivity contribution >= 4 is 5.91 Å². The SMILES string of the molecule is COCCCOc1ccc(C(=O)N[C@H]2CCc3c(O)cccc32)cn1. The number of phenols is 1. The van der Waals surface area contributed by atoms with Gasteiger partial charge in [-0.2, -0.15) is 0 Å². The zero-order valence-electron chi connectivity index (χ0n) is 14.2. The number of amides is 1. The second-order valence-corrected chi connectivity index (χ2v) is 5.99. The van der Waals surface area contributed by atoms with Gasteiger partial charge in [0.05, 0.1) is 18.2 Å². The lowest BCUT2D eigenvalue weighted by Crippen LogP contribution is -2.27. The molecule has 6 heteroatoms. The number of nitrogens with one attached hydrogen (secondary N) is 1. The van der Waals surface area contributed by atoms with Crippen molar-refractivity contribution in [3.63, 3.8) is 0 Å². The van der Waals surface area contributed by atoms with Gasteiger partial charge < -0.3 is 19.9 Å². The minimum atomic E-state index is -0.181. The van der Waals surface area contributed by atoms with Gasteiger partial charge in [-0.05, 0) is 36.1 Å². The van der Waals surface area contributed by atoms with E-state index in [2.05, 4.69) is 10.3 Å². The lowest BCUT2D eigenvalue weighted by Gasteiger charge is -2.14. The number of pyridine rings is 1. The molecule has 0 saturated heterocycles. The van der Waals surface area contributed by atoms with E-state index in [1.165, 1.54) is 6.20 Å². The molecule has 6 nitrogen and oxygen atoms in total. The van der Waals surface area contributed by atoms with E-state index in [1.807, 2.05) is 6.07 Å². The molecule has 0 bridgehead atoms. The maximum atomic E-state index is 12.4. The van der Waals surface area contributed by atoms with Crippen molar-refractivity contribution in [1.82, 2.24) is 10.3 Å². The van der Waals surface area contributed by atoms with Crippen molar-refractivity contribution in [2.75, 3.05) is 20.3 Å². The van der Waals surface area contributed by atoms with Crippen LogP contribution < -0.4 is 10.1 Å². The first kappa shape index (κ1) is 17.2. The summed E-state index contributed by atoms with van der Waals surface area (Å²) in [6, 6.07) is 8.73. The molecule has 1 aromatic heterocycles. The highest BCUT2D eigenvalue weighted by Crippen LogP contribution is 2.36. The monoisotopic (exact) mass is 342 g/mol. The fourth-order valence-electron chi connectivity index (χ4n) is 3.01. The van der Waals surface area contributed by atoms with Gasteiger partial charge in [0.25, 0.3) is 5.91 Å². The molecule has 0 saturated carbocycles. The molecule has 1 aliphatic carbocycles. The summed E-state index contributed by atoms with van der Waals surface area (Å²) in [6.45, 7) is 1.16. The number of hydrogen-bond acceptors (Lipinski definition) is 5. The first-order valence-corrected chi connectivity index (χ1v) is 8.38. The number of aromatic hydroxyl groups is 1. The van der Waals surface area contributed by atoms with Crippen molar-refractivity contribution in [1.29, 1.82) is 0 Å². The summed E-state index contributed by atoms with van der Waals surface area (Å²) in [7, 11) is 1.65. The second kappa shape index (κ2) is 7.98. The third-order valence-corrected chi connectivity index (χ3v) is 4.29. The van der Waals surface area contributed by atoms with E-state index in [1.54, 1.807) is 31.4 Å². The van der Waals surface area contributed by atoms with Gasteiger partial charge in [0.2, 0.25) is 5.88 Å². The Morgan fingerprint density at radius 2 is 2.20 bits per heavy atom. The molecule has 1 atom stereocenters. The third-order valence-electron chi connectivity index (χ3n) is 4.29. The molecule has 1 amide bonds. The first-order valence-electron chi connectivity index (χ1n) is 8.38. The Balaban J connectivity index is 1.58. The lowest BCUT2D eigenvalue weighted by atomic mass is 10.1. The number of carbonyl (C=O) groups is 1. The molecule has 2 aromatic rings. The molecule has 25 heavy (non-hydrogen) atoms. The zero-order chi connectivity index (χ0) is 17.6. The summed E-state index contributed by atoms with van der Waals surface area (Å²) in [4.78, 5) is 16.6. The topological polar surface area (TPSA) is 80.7 Å². The Bertz CT molecular complexity index is 731. The molecule has 2 N–H and O–H groups in total. The average Bonchev–Trinajstić information content (AvgIpc) is 3.04. The predicted octanol–water partition coefficient (Wildman–Crippen LogP) is 2.62. The molecule has 0 radical (unpaired) electrons. The number of ether oxygens (including phenoxy) is 2. The Kier molecular flexibility index (Phi) is 5.50. The standard InChI is InChI=1S/C19H22N2O4/c1-24-10-3-11-25-18-9-6-13(12-20-18)19(23)21-16-8-7-15-14(16)4-2-5-17(15)22/h2,4-6,9,12,16,22H,3,7-8,10-11H2,1H3,(H,21,23)/t16-/m0/s1. The van der Waals surface area contributed by atoms with Crippen LogP contribution in [0.4, 0.5) is 0 Å². The van der Waals surface area contributed by atoms with Gasteiger partial charge in [-0.25, -0.2) is 4.98 Å². The molecular formula is C19H22N2O4. The van der Waals surface area contributed by atoms with E-state index in [4.69, 9.17) is 9.47 Å². The number of phenolic OH excluding ortho intramolecular Hbond substituents is 1. The summed E-state index contributed by atoms with van der Waals surface area (Å²) >= 11 is 0. The van der Waals surface area contributed by atoms with Crippen LogP contribution in [-0.4, -0.2) is 36.3 Å². The number of rotatable bonds is 7. The van der Waals surface area contributed by atoms with Gasteiger partial charge in [-0.3, -0.25) is 4.79 Å².